The van der Waals surface area contributed by atoms with Crippen LogP contribution in [0.25, 0.3) is 10.9 Å². The maximum Gasteiger partial charge on any atom is 0.374 e. The van der Waals surface area contributed by atoms with E-state index in [2.05, 4.69) is 20.6 Å². The Labute approximate surface area is 115 Å². The SMILES string of the molecule is CCNC(=O)CNc1nc(C(=O)O)nc2ccccc12. The number of likely N-dealkylation sites (N-methyl/N-ethyl adjacent to an activating group) is 1. The smallest absolute Gasteiger partial charge is 0.374 e. The van der Waals surface area contributed by atoms with Crippen molar-refractivity contribution in [3.8, 4) is 0 Å². The maximum atomic E-state index is 11.4. The monoisotopic (exact) mass is 274 g/mol. The Morgan fingerprint density at radius 2 is 2.00 bits per heavy atom. The van der Waals surface area contributed by atoms with Crippen molar-refractivity contribution in [1.29, 1.82) is 0 Å². The van der Waals surface area contributed by atoms with Gasteiger partial charge in [0.2, 0.25) is 11.7 Å². The second-order valence-electron chi connectivity index (χ2n) is 4.03. The average Bonchev–Trinajstić information content (AvgIpc) is 2.44. The minimum Gasteiger partial charge on any atom is -0.475 e. The van der Waals surface area contributed by atoms with E-state index in [4.69, 9.17) is 5.11 Å². The molecule has 0 saturated heterocycles. The molecule has 0 aliphatic carbocycles. The van der Waals surface area contributed by atoms with Crippen molar-refractivity contribution < 1.29 is 14.7 Å². The van der Waals surface area contributed by atoms with Gasteiger partial charge in [-0.25, -0.2) is 14.8 Å². The van der Waals surface area contributed by atoms with Crippen LogP contribution in [0.3, 0.4) is 0 Å². The van der Waals surface area contributed by atoms with Gasteiger partial charge in [-0.05, 0) is 19.1 Å². The highest BCUT2D eigenvalue weighted by atomic mass is 16.4. The number of nitrogens with zero attached hydrogens (tertiary/aromatic N) is 2. The minimum atomic E-state index is -1.21. The molecule has 0 aliphatic heterocycles. The Hall–Kier alpha value is -2.70. The summed E-state index contributed by atoms with van der Waals surface area (Å²) in [6.07, 6.45) is 0. The Balaban J connectivity index is 2.34. The molecule has 0 saturated carbocycles. The Bertz CT molecular complexity index is 657. The molecule has 7 heteroatoms. The van der Waals surface area contributed by atoms with Crippen LogP contribution in [-0.2, 0) is 4.79 Å². The van der Waals surface area contributed by atoms with E-state index in [-0.39, 0.29) is 18.3 Å². The zero-order valence-electron chi connectivity index (χ0n) is 10.9. The van der Waals surface area contributed by atoms with E-state index in [1.54, 1.807) is 24.3 Å². The van der Waals surface area contributed by atoms with Crippen LogP contribution < -0.4 is 10.6 Å². The predicted octanol–water partition coefficient (Wildman–Crippen LogP) is 0.876. The van der Waals surface area contributed by atoms with E-state index in [1.807, 2.05) is 6.92 Å². The van der Waals surface area contributed by atoms with Crippen LogP contribution in [0, 0.1) is 0 Å². The number of carbonyl (C=O) groups is 2. The fraction of sp³-hybridized carbons (Fsp3) is 0.231. The van der Waals surface area contributed by atoms with Crippen molar-refractivity contribution in [3.05, 3.63) is 30.1 Å². The van der Waals surface area contributed by atoms with Crippen LogP contribution in [0.1, 0.15) is 17.5 Å². The number of carboxylic acids is 1. The summed E-state index contributed by atoms with van der Waals surface area (Å²) < 4.78 is 0. The van der Waals surface area contributed by atoms with Crippen molar-refractivity contribution in [2.75, 3.05) is 18.4 Å². The number of para-hydroxylation sites is 1. The summed E-state index contributed by atoms with van der Waals surface area (Å²) in [5.41, 5.74) is 0.512. The van der Waals surface area contributed by atoms with Crippen LogP contribution in [0.5, 0.6) is 0 Å². The van der Waals surface area contributed by atoms with Crippen molar-refractivity contribution in [2.45, 2.75) is 6.92 Å². The molecule has 3 N–H and O–H groups in total. The molecule has 2 rings (SSSR count). The molecule has 0 bridgehead atoms. The van der Waals surface area contributed by atoms with Crippen LogP contribution in [0.4, 0.5) is 5.82 Å². The molecule has 0 radical (unpaired) electrons. The van der Waals surface area contributed by atoms with Gasteiger partial charge < -0.3 is 15.7 Å². The number of anilines is 1. The lowest BCUT2D eigenvalue weighted by Gasteiger charge is -2.09. The number of benzene rings is 1. The molecular formula is C13H14N4O3. The van der Waals surface area contributed by atoms with Gasteiger partial charge in [-0.15, -0.1) is 0 Å². The summed E-state index contributed by atoms with van der Waals surface area (Å²) in [6, 6.07) is 7.01. The summed E-state index contributed by atoms with van der Waals surface area (Å²) in [5, 5.41) is 15.1. The molecule has 1 heterocycles. The number of aromatic carboxylic acids is 1. The zero-order valence-corrected chi connectivity index (χ0v) is 10.9. The molecule has 7 nitrogen and oxygen atoms in total. The molecule has 1 amide bonds. The van der Waals surface area contributed by atoms with E-state index in [9.17, 15) is 9.59 Å². The standard InChI is InChI=1S/C13H14N4O3/c1-2-14-10(18)7-15-11-8-5-3-4-6-9(8)16-12(17-11)13(19)20/h3-6H,2,7H2,1H3,(H,14,18)(H,19,20)(H,15,16,17). The van der Waals surface area contributed by atoms with E-state index >= 15 is 0 Å². The number of carboxylic acid groups (broad SMARTS) is 1. The molecule has 1 aromatic carbocycles. The number of carbonyl (C=O) groups excluding carboxylic acids is 1. The maximum absolute atomic E-state index is 11.4. The van der Waals surface area contributed by atoms with Crippen molar-refractivity contribution in [3.63, 3.8) is 0 Å². The van der Waals surface area contributed by atoms with Gasteiger partial charge in [-0.3, -0.25) is 4.79 Å². The third-order valence-electron chi connectivity index (χ3n) is 2.58. The predicted molar refractivity (Wildman–Crippen MR) is 73.7 cm³/mol. The second kappa shape index (κ2) is 5.96. The minimum absolute atomic E-state index is 0.0217. The number of rotatable bonds is 5. The zero-order chi connectivity index (χ0) is 14.5. The van der Waals surface area contributed by atoms with Crippen LogP contribution in [0.15, 0.2) is 24.3 Å². The molecule has 0 unspecified atom stereocenters. The Morgan fingerprint density at radius 1 is 1.25 bits per heavy atom. The number of hydrogen-bond acceptors (Lipinski definition) is 5. The van der Waals surface area contributed by atoms with Gasteiger partial charge in [0.1, 0.15) is 5.82 Å². The summed E-state index contributed by atoms with van der Waals surface area (Å²) in [7, 11) is 0. The van der Waals surface area contributed by atoms with Crippen LogP contribution in [-0.4, -0.2) is 40.0 Å². The number of hydrogen-bond donors (Lipinski definition) is 3. The molecule has 2 aromatic rings. The lowest BCUT2D eigenvalue weighted by atomic mass is 10.2. The quantitative estimate of drug-likeness (QED) is 0.747. The number of fused-ring (bicyclic) bond motifs is 1. The summed E-state index contributed by atoms with van der Waals surface area (Å²) >= 11 is 0. The highest BCUT2D eigenvalue weighted by Gasteiger charge is 2.12. The van der Waals surface area contributed by atoms with Gasteiger partial charge in [0.25, 0.3) is 0 Å². The molecule has 0 spiro atoms. The lowest BCUT2D eigenvalue weighted by molar-refractivity contribution is -0.119. The molecule has 20 heavy (non-hydrogen) atoms. The number of nitrogens with one attached hydrogen (secondary N) is 2. The first-order valence-corrected chi connectivity index (χ1v) is 6.12. The highest BCUT2D eigenvalue weighted by Crippen LogP contribution is 2.19. The lowest BCUT2D eigenvalue weighted by Crippen LogP contribution is -2.29. The molecule has 0 atom stereocenters. The topological polar surface area (TPSA) is 104 Å². The van der Waals surface area contributed by atoms with E-state index < -0.39 is 5.97 Å². The summed E-state index contributed by atoms with van der Waals surface area (Å²) in [6.45, 7) is 2.37. The average molecular weight is 274 g/mol. The van der Waals surface area contributed by atoms with Crippen molar-refractivity contribution in [1.82, 2.24) is 15.3 Å². The van der Waals surface area contributed by atoms with Gasteiger partial charge in [0, 0.05) is 11.9 Å². The molecular weight excluding hydrogens is 260 g/mol. The normalized spacial score (nSPS) is 10.2. The largest absolute Gasteiger partial charge is 0.475 e. The second-order valence-corrected chi connectivity index (χ2v) is 4.03. The first-order valence-electron chi connectivity index (χ1n) is 6.12. The first-order chi connectivity index (χ1) is 9.61. The number of amides is 1. The van der Waals surface area contributed by atoms with E-state index in [0.29, 0.717) is 23.3 Å². The third-order valence-corrected chi connectivity index (χ3v) is 2.58. The molecule has 0 fully saturated rings. The Morgan fingerprint density at radius 3 is 2.70 bits per heavy atom. The van der Waals surface area contributed by atoms with Crippen molar-refractivity contribution >= 4 is 28.6 Å². The van der Waals surface area contributed by atoms with Crippen molar-refractivity contribution in [2.24, 2.45) is 0 Å². The third kappa shape index (κ3) is 3.00. The van der Waals surface area contributed by atoms with E-state index in [1.165, 1.54) is 0 Å². The van der Waals surface area contributed by atoms with Gasteiger partial charge in [0.15, 0.2) is 0 Å². The van der Waals surface area contributed by atoms with Crippen LogP contribution in [0.2, 0.25) is 0 Å². The van der Waals surface area contributed by atoms with E-state index in [0.717, 1.165) is 0 Å². The van der Waals surface area contributed by atoms with Crippen LogP contribution >= 0.6 is 0 Å². The fourth-order valence-electron chi connectivity index (χ4n) is 1.73. The van der Waals surface area contributed by atoms with Gasteiger partial charge >= 0.3 is 5.97 Å². The molecule has 1 aromatic heterocycles. The fourth-order valence-corrected chi connectivity index (χ4v) is 1.73. The summed E-state index contributed by atoms with van der Waals surface area (Å²) in [4.78, 5) is 30.3. The Kier molecular flexibility index (Phi) is 4.09. The molecule has 0 aliphatic rings. The first kappa shape index (κ1) is 13.7. The summed E-state index contributed by atoms with van der Waals surface area (Å²) in [5.74, 6) is -1.37. The van der Waals surface area contributed by atoms with Gasteiger partial charge in [-0.1, -0.05) is 12.1 Å². The number of aromatic nitrogens is 2. The van der Waals surface area contributed by atoms with Gasteiger partial charge in [-0.2, -0.15) is 0 Å². The highest BCUT2D eigenvalue weighted by molar-refractivity contribution is 5.94. The molecule has 104 valence electrons. The van der Waals surface area contributed by atoms with Gasteiger partial charge in [0.05, 0.1) is 12.1 Å².